The average Bonchev–Trinajstić information content (AvgIpc) is 3.21. The van der Waals surface area contributed by atoms with E-state index in [0.717, 1.165) is 22.3 Å². The fourth-order valence-electron chi connectivity index (χ4n) is 6.50. The monoisotopic (exact) mass is 794 g/mol. The van der Waals surface area contributed by atoms with Crippen molar-refractivity contribution in [2.24, 2.45) is 11.8 Å². The van der Waals surface area contributed by atoms with E-state index in [1.54, 1.807) is 78.7 Å². The number of aliphatic hydroxyl groups excluding tert-OH is 2. The molecule has 2 aromatic carbocycles. The van der Waals surface area contributed by atoms with Gasteiger partial charge in [0.2, 0.25) is 11.8 Å². The van der Waals surface area contributed by atoms with Crippen molar-refractivity contribution in [3.05, 3.63) is 132 Å². The van der Waals surface area contributed by atoms with Crippen molar-refractivity contribution in [2.45, 2.75) is 90.0 Å². The van der Waals surface area contributed by atoms with Crippen LogP contribution in [-0.2, 0) is 35.5 Å². The molecule has 0 saturated heterocycles. The molecule has 0 aliphatic heterocycles. The van der Waals surface area contributed by atoms with Crippen LogP contribution in [0.5, 0.6) is 0 Å². The zero-order chi connectivity index (χ0) is 42.2. The van der Waals surface area contributed by atoms with Crippen LogP contribution in [-0.4, -0.2) is 104 Å². The highest BCUT2D eigenvalue weighted by Crippen LogP contribution is 2.17. The van der Waals surface area contributed by atoms with E-state index in [2.05, 4.69) is 31.2 Å². The first-order chi connectivity index (χ1) is 27.7. The molecule has 310 valence electrons. The van der Waals surface area contributed by atoms with Gasteiger partial charge in [-0.1, -0.05) is 100 Å². The first kappa shape index (κ1) is 44.8. The highest BCUT2D eigenvalue weighted by molar-refractivity contribution is 5.88. The summed E-state index contributed by atoms with van der Waals surface area (Å²) in [7, 11) is 3.24. The summed E-state index contributed by atoms with van der Waals surface area (Å²) >= 11 is 0. The minimum atomic E-state index is -1.59. The number of pyridine rings is 2. The van der Waals surface area contributed by atoms with E-state index in [4.69, 9.17) is 0 Å². The molecule has 2 heterocycles. The number of nitrogens with zero attached hydrogens (tertiary/aromatic N) is 4. The average molecular weight is 795 g/mol. The Bertz CT molecular complexity index is 1730. The van der Waals surface area contributed by atoms with Gasteiger partial charge in [-0.15, -0.1) is 0 Å². The van der Waals surface area contributed by atoms with E-state index in [1.807, 2.05) is 72.8 Å². The molecular formula is C44H58N8O6. The van der Waals surface area contributed by atoms with Gasteiger partial charge >= 0.3 is 12.1 Å². The quantitative estimate of drug-likeness (QED) is 0.0829. The molecule has 4 aromatic rings. The number of rotatable bonds is 19. The van der Waals surface area contributed by atoms with Crippen molar-refractivity contribution in [1.82, 2.24) is 41.0 Å². The summed E-state index contributed by atoms with van der Waals surface area (Å²) in [6.45, 7) is 7.74. The maximum absolute atomic E-state index is 14.0. The Morgan fingerprint density at radius 3 is 1.19 bits per heavy atom. The van der Waals surface area contributed by atoms with E-state index in [1.165, 1.54) is 9.80 Å². The van der Waals surface area contributed by atoms with E-state index in [9.17, 15) is 29.4 Å². The second kappa shape index (κ2) is 22.2. The number of nitrogens with one attached hydrogen (secondary N) is 4. The van der Waals surface area contributed by atoms with Gasteiger partial charge in [0.1, 0.15) is 24.3 Å². The van der Waals surface area contributed by atoms with Crippen molar-refractivity contribution in [2.75, 3.05) is 14.1 Å². The summed E-state index contributed by atoms with van der Waals surface area (Å²) < 4.78 is 0. The number of carbonyl (C=O) groups excluding carboxylic acids is 4. The van der Waals surface area contributed by atoms with Gasteiger partial charge in [0, 0.05) is 52.0 Å². The molecule has 14 nitrogen and oxygen atoms in total. The molecular weight excluding hydrogens is 737 g/mol. The Morgan fingerprint density at radius 2 is 0.879 bits per heavy atom. The van der Waals surface area contributed by atoms with Gasteiger partial charge in [0.15, 0.2) is 0 Å². The molecule has 0 aliphatic rings. The van der Waals surface area contributed by atoms with Crippen LogP contribution < -0.4 is 21.3 Å². The molecule has 0 aliphatic carbocycles. The zero-order valence-electron chi connectivity index (χ0n) is 34.2. The molecule has 0 bridgehead atoms. The SMILES string of the molecule is CC(C)[C@H](NC(=O)N(C)Cc1cccnc1)C(=O)N[C@@H](Cc1ccccc1)[C@H](O)[C@@H](O)[C@H](Cc1ccccc1)NC(=O)[C@@H](NC(=O)N(C)Cc1cccnc1)C(C)C. The van der Waals surface area contributed by atoms with E-state index in [0.29, 0.717) is 0 Å². The molecule has 6 amide bonds. The summed E-state index contributed by atoms with van der Waals surface area (Å²) in [5.74, 6) is -1.78. The van der Waals surface area contributed by atoms with Crippen LogP contribution in [0.2, 0.25) is 0 Å². The largest absolute Gasteiger partial charge is 0.388 e. The molecule has 6 atom stereocenters. The standard InChI is InChI=1S/C44H58N8O6/c1-29(2)37(49-43(57)51(5)27-33-19-13-21-45-25-33)41(55)47-35(23-31-15-9-7-10-16-31)39(53)40(54)36(24-32-17-11-8-12-18-32)48-42(56)38(30(3)4)50-44(58)52(6)28-34-20-14-22-46-26-34/h7-22,25-26,29-30,35-40,53-54H,23-24,27-28H2,1-6H3,(H,47,55)(H,48,56)(H,49,57)(H,50,58)/t35-,36-,37-,38-,39-,40-/m0/s1. The summed E-state index contributed by atoms with van der Waals surface area (Å²) in [5, 5.41) is 35.5. The summed E-state index contributed by atoms with van der Waals surface area (Å²) in [6.07, 6.45) is 3.69. The lowest BCUT2D eigenvalue weighted by atomic mass is 9.90. The fourth-order valence-corrected chi connectivity index (χ4v) is 6.50. The van der Waals surface area contributed by atoms with Gasteiger partial charge in [-0.25, -0.2) is 9.59 Å². The Balaban J connectivity index is 1.56. The van der Waals surface area contributed by atoms with Crippen LogP contribution in [0.1, 0.15) is 49.9 Å². The predicted molar refractivity (Wildman–Crippen MR) is 222 cm³/mol. The summed E-state index contributed by atoms with van der Waals surface area (Å²) in [5.41, 5.74) is 3.19. The molecule has 4 rings (SSSR count). The number of aliphatic hydroxyl groups is 2. The van der Waals surface area contributed by atoms with Gasteiger partial charge in [0.05, 0.1) is 12.1 Å². The smallest absolute Gasteiger partial charge is 0.318 e. The fraction of sp³-hybridized carbons (Fsp3) is 0.409. The molecule has 58 heavy (non-hydrogen) atoms. The molecule has 0 saturated carbocycles. The maximum atomic E-state index is 14.0. The first-order valence-electron chi connectivity index (χ1n) is 19.6. The third-order valence-electron chi connectivity index (χ3n) is 9.86. The number of aromatic nitrogens is 2. The highest BCUT2D eigenvalue weighted by Gasteiger charge is 2.38. The van der Waals surface area contributed by atoms with Crippen LogP contribution in [0, 0.1) is 11.8 Å². The topological polar surface area (TPSA) is 189 Å². The van der Waals surface area contributed by atoms with Crippen molar-refractivity contribution in [1.29, 1.82) is 0 Å². The Kier molecular flexibility index (Phi) is 17.1. The molecule has 2 aromatic heterocycles. The van der Waals surface area contributed by atoms with Gasteiger partial charge < -0.3 is 41.3 Å². The Hall–Kier alpha value is -5.86. The minimum absolute atomic E-state index is 0.129. The zero-order valence-corrected chi connectivity index (χ0v) is 34.2. The molecule has 6 N–H and O–H groups in total. The Morgan fingerprint density at radius 1 is 0.534 bits per heavy atom. The number of hydrogen-bond acceptors (Lipinski definition) is 8. The van der Waals surface area contributed by atoms with Gasteiger partial charge in [-0.2, -0.15) is 0 Å². The van der Waals surface area contributed by atoms with Crippen LogP contribution in [0.4, 0.5) is 9.59 Å². The first-order valence-corrected chi connectivity index (χ1v) is 19.6. The van der Waals surface area contributed by atoms with Crippen LogP contribution >= 0.6 is 0 Å². The highest BCUT2D eigenvalue weighted by atomic mass is 16.3. The molecule has 14 heteroatoms. The molecule has 0 unspecified atom stereocenters. The van der Waals surface area contributed by atoms with Crippen molar-refractivity contribution < 1.29 is 29.4 Å². The molecule has 0 fully saturated rings. The normalized spacial score (nSPS) is 14.3. The summed E-state index contributed by atoms with van der Waals surface area (Å²) in [4.78, 5) is 65.8. The lowest BCUT2D eigenvalue weighted by Gasteiger charge is -2.35. The van der Waals surface area contributed by atoms with Gasteiger partial charge in [-0.05, 0) is 59.1 Å². The maximum Gasteiger partial charge on any atom is 0.318 e. The Labute approximate surface area is 341 Å². The molecule has 0 radical (unpaired) electrons. The van der Waals surface area contributed by atoms with E-state index < -0.39 is 60.3 Å². The number of amides is 6. The number of benzene rings is 2. The summed E-state index contributed by atoms with van der Waals surface area (Å²) in [6, 6.07) is 20.6. The van der Waals surface area contributed by atoms with Crippen molar-refractivity contribution in [3.63, 3.8) is 0 Å². The lowest BCUT2D eigenvalue weighted by Crippen LogP contribution is -2.62. The van der Waals surface area contributed by atoms with Crippen molar-refractivity contribution in [3.8, 4) is 0 Å². The van der Waals surface area contributed by atoms with E-state index >= 15 is 0 Å². The van der Waals surface area contributed by atoms with Gasteiger partial charge in [-0.3, -0.25) is 19.6 Å². The molecule has 0 spiro atoms. The van der Waals surface area contributed by atoms with Crippen LogP contribution in [0.3, 0.4) is 0 Å². The van der Waals surface area contributed by atoms with E-state index in [-0.39, 0.29) is 37.8 Å². The number of carbonyl (C=O) groups is 4. The minimum Gasteiger partial charge on any atom is -0.388 e. The number of urea groups is 2. The predicted octanol–water partition coefficient (Wildman–Crippen LogP) is 3.69. The number of hydrogen-bond donors (Lipinski definition) is 6. The van der Waals surface area contributed by atoms with Crippen LogP contribution in [0.15, 0.2) is 110 Å². The second-order valence-electron chi connectivity index (χ2n) is 15.4. The van der Waals surface area contributed by atoms with Crippen LogP contribution in [0.25, 0.3) is 0 Å². The van der Waals surface area contributed by atoms with Gasteiger partial charge in [0.25, 0.3) is 0 Å². The lowest BCUT2D eigenvalue weighted by molar-refractivity contribution is -0.129. The third kappa shape index (κ3) is 13.7. The third-order valence-corrected chi connectivity index (χ3v) is 9.86. The van der Waals surface area contributed by atoms with Crippen molar-refractivity contribution >= 4 is 23.9 Å². The second-order valence-corrected chi connectivity index (χ2v) is 15.4.